The first-order valence-electron chi connectivity index (χ1n) is 4.68. The average Bonchev–Trinajstić information content (AvgIpc) is 2.09. The van der Waals surface area contributed by atoms with Crippen LogP contribution in [0.15, 0.2) is 18.2 Å². The Morgan fingerprint density at radius 1 is 1.43 bits per heavy atom. The summed E-state index contributed by atoms with van der Waals surface area (Å²) in [6.07, 6.45) is 0.483. The molecule has 0 spiro atoms. The molecular weight excluding hydrogens is 178 g/mol. The molecule has 0 aromatic heterocycles. The van der Waals surface area contributed by atoms with E-state index in [1.807, 2.05) is 19.9 Å². The zero-order valence-electron chi connectivity index (χ0n) is 8.62. The van der Waals surface area contributed by atoms with Crippen LogP contribution < -0.4 is 5.73 Å². The summed E-state index contributed by atoms with van der Waals surface area (Å²) in [6.45, 7) is 3.72. The quantitative estimate of drug-likeness (QED) is 0.680. The summed E-state index contributed by atoms with van der Waals surface area (Å²) in [7, 11) is 0. The Balaban J connectivity index is 3.12. The first kappa shape index (κ1) is 11.0. The number of aliphatic hydroxyl groups is 1. The van der Waals surface area contributed by atoms with Crippen molar-refractivity contribution in [3.05, 3.63) is 29.3 Å². The Hall–Kier alpha value is -1.06. The molecule has 1 aromatic carbocycles. The Bertz CT molecular complexity index is 321. The average molecular weight is 195 g/mol. The fourth-order valence-electron chi connectivity index (χ4n) is 1.61. The molecule has 0 saturated heterocycles. The van der Waals surface area contributed by atoms with Crippen LogP contribution in [0.25, 0.3) is 0 Å². The molecule has 0 amide bonds. The molecule has 0 fully saturated rings. The zero-order chi connectivity index (χ0) is 10.8. The zero-order valence-corrected chi connectivity index (χ0v) is 8.62. The van der Waals surface area contributed by atoms with Crippen molar-refractivity contribution in [3.8, 4) is 5.75 Å². The van der Waals surface area contributed by atoms with Gasteiger partial charge in [-0.2, -0.15) is 0 Å². The van der Waals surface area contributed by atoms with Gasteiger partial charge in [0.1, 0.15) is 5.75 Å². The summed E-state index contributed by atoms with van der Waals surface area (Å²) in [5.74, 6) is 0.247. The minimum absolute atomic E-state index is 0.0437. The van der Waals surface area contributed by atoms with Crippen LogP contribution in [-0.4, -0.2) is 16.8 Å². The van der Waals surface area contributed by atoms with Gasteiger partial charge in [0, 0.05) is 12.1 Å². The second-order valence-electron chi connectivity index (χ2n) is 3.84. The highest BCUT2D eigenvalue weighted by Crippen LogP contribution is 2.29. The summed E-state index contributed by atoms with van der Waals surface area (Å²) < 4.78 is 0. The molecule has 0 aliphatic carbocycles. The van der Waals surface area contributed by atoms with Crippen molar-refractivity contribution in [2.24, 2.45) is 5.73 Å². The largest absolute Gasteiger partial charge is 0.508 e. The molecule has 0 aliphatic rings. The second kappa shape index (κ2) is 3.98. The van der Waals surface area contributed by atoms with E-state index in [0.717, 1.165) is 11.1 Å². The molecule has 0 saturated carbocycles. The smallest absolute Gasteiger partial charge is 0.118 e. The van der Waals surface area contributed by atoms with Crippen LogP contribution in [0.2, 0.25) is 0 Å². The normalized spacial score (nSPS) is 15.1. The van der Waals surface area contributed by atoms with Crippen LogP contribution in [-0.2, 0) is 5.54 Å². The van der Waals surface area contributed by atoms with Gasteiger partial charge in [-0.3, -0.25) is 0 Å². The third-order valence-corrected chi connectivity index (χ3v) is 2.55. The summed E-state index contributed by atoms with van der Waals surface area (Å²) in [5.41, 5.74) is 7.13. The van der Waals surface area contributed by atoms with Crippen molar-refractivity contribution in [2.45, 2.75) is 25.8 Å². The van der Waals surface area contributed by atoms with E-state index >= 15 is 0 Å². The SMILES string of the molecule is Cc1c(O)cccc1C(C)(N)CCO. The van der Waals surface area contributed by atoms with Gasteiger partial charge in [0.05, 0.1) is 0 Å². The Morgan fingerprint density at radius 3 is 2.64 bits per heavy atom. The highest BCUT2D eigenvalue weighted by molar-refractivity contribution is 5.41. The molecule has 14 heavy (non-hydrogen) atoms. The fraction of sp³-hybridized carbons (Fsp3) is 0.455. The molecule has 1 rings (SSSR count). The molecule has 4 N–H and O–H groups in total. The number of rotatable bonds is 3. The van der Waals surface area contributed by atoms with Gasteiger partial charge in [0.25, 0.3) is 0 Å². The van der Waals surface area contributed by atoms with Crippen molar-refractivity contribution in [3.63, 3.8) is 0 Å². The number of aromatic hydroxyl groups is 1. The van der Waals surface area contributed by atoms with E-state index in [4.69, 9.17) is 10.8 Å². The Kier molecular flexibility index (Phi) is 3.13. The Labute approximate surface area is 84.2 Å². The van der Waals surface area contributed by atoms with Crippen LogP contribution in [0.3, 0.4) is 0 Å². The monoisotopic (exact) mass is 195 g/mol. The molecule has 0 radical (unpaired) electrons. The lowest BCUT2D eigenvalue weighted by Crippen LogP contribution is -2.34. The minimum Gasteiger partial charge on any atom is -0.508 e. The van der Waals surface area contributed by atoms with Crippen molar-refractivity contribution in [1.82, 2.24) is 0 Å². The lowest BCUT2D eigenvalue weighted by Gasteiger charge is -2.26. The number of aliphatic hydroxyl groups excluding tert-OH is 1. The van der Waals surface area contributed by atoms with Crippen molar-refractivity contribution in [2.75, 3.05) is 6.61 Å². The van der Waals surface area contributed by atoms with Gasteiger partial charge in [-0.25, -0.2) is 0 Å². The van der Waals surface area contributed by atoms with Gasteiger partial charge >= 0.3 is 0 Å². The van der Waals surface area contributed by atoms with Gasteiger partial charge in [0.2, 0.25) is 0 Å². The van der Waals surface area contributed by atoms with Gasteiger partial charge in [-0.1, -0.05) is 12.1 Å². The third kappa shape index (κ3) is 2.05. The predicted molar refractivity (Wildman–Crippen MR) is 56.1 cm³/mol. The molecule has 0 bridgehead atoms. The van der Waals surface area contributed by atoms with Crippen LogP contribution in [0.1, 0.15) is 24.5 Å². The molecule has 78 valence electrons. The van der Waals surface area contributed by atoms with Crippen LogP contribution in [0.4, 0.5) is 0 Å². The predicted octanol–water partition coefficient (Wildman–Crippen LogP) is 1.26. The number of benzene rings is 1. The molecule has 3 heteroatoms. The minimum atomic E-state index is -0.586. The van der Waals surface area contributed by atoms with E-state index in [1.165, 1.54) is 0 Å². The van der Waals surface area contributed by atoms with Crippen molar-refractivity contribution in [1.29, 1.82) is 0 Å². The first-order chi connectivity index (χ1) is 6.49. The van der Waals surface area contributed by atoms with E-state index in [1.54, 1.807) is 12.1 Å². The summed E-state index contributed by atoms with van der Waals surface area (Å²) in [5, 5.41) is 18.4. The topological polar surface area (TPSA) is 66.5 Å². The Morgan fingerprint density at radius 2 is 2.07 bits per heavy atom. The van der Waals surface area contributed by atoms with E-state index < -0.39 is 5.54 Å². The van der Waals surface area contributed by atoms with Gasteiger partial charge < -0.3 is 15.9 Å². The van der Waals surface area contributed by atoms with Gasteiger partial charge in [0.15, 0.2) is 0 Å². The standard InChI is InChI=1S/C11H17NO2/c1-8-9(4-3-5-10(8)14)11(2,12)6-7-13/h3-5,13-14H,6-7,12H2,1-2H3. The van der Waals surface area contributed by atoms with E-state index in [2.05, 4.69) is 0 Å². The van der Waals surface area contributed by atoms with E-state index in [0.29, 0.717) is 6.42 Å². The highest BCUT2D eigenvalue weighted by Gasteiger charge is 2.23. The number of phenols is 1. The molecular formula is C11H17NO2. The van der Waals surface area contributed by atoms with Crippen LogP contribution in [0, 0.1) is 6.92 Å². The summed E-state index contributed by atoms with van der Waals surface area (Å²) in [4.78, 5) is 0. The molecule has 1 atom stereocenters. The summed E-state index contributed by atoms with van der Waals surface area (Å²) >= 11 is 0. The maximum atomic E-state index is 9.51. The highest BCUT2D eigenvalue weighted by atomic mass is 16.3. The lowest BCUT2D eigenvalue weighted by molar-refractivity contribution is 0.246. The maximum Gasteiger partial charge on any atom is 0.118 e. The number of phenolic OH excluding ortho intramolecular Hbond substituents is 1. The number of hydrogen-bond donors (Lipinski definition) is 3. The molecule has 0 aliphatic heterocycles. The van der Waals surface area contributed by atoms with Crippen LogP contribution >= 0.6 is 0 Å². The first-order valence-corrected chi connectivity index (χ1v) is 4.68. The van der Waals surface area contributed by atoms with E-state index in [9.17, 15) is 5.11 Å². The third-order valence-electron chi connectivity index (χ3n) is 2.55. The van der Waals surface area contributed by atoms with E-state index in [-0.39, 0.29) is 12.4 Å². The van der Waals surface area contributed by atoms with Crippen molar-refractivity contribution < 1.29 is 10.2 Å². The fourth-order valence-corrected chi connectivity index (χ4v) is 1.61. The molecule has 3 nitrogen and oxygen atoms in total. The van der Waals surface area contributed by atoms with Gasteiger partial charge in [-0.15, -0.1) is 0 Å². The van der Waals surface area contributed by atoms with Crippen molar-refractivity contribution >= 4 is 0 Å². The number of hydrogen-bond acceptors (Lipinski definition) is 3. The molecule has 1 aromatic rings. The maximum absolute atomic E-state index is 9.51. The van der Waals surface area contributed by atoms with Gasteiger partial charge in [-0.05, 0) is 37.5 Å². The molecule has 0 heterocycles. The number of nitrogens with two attached hydrogens (primary N) is 1. The second-order valence-corrected chi connectivity index (χ2v) is 3.84. The van der Waals surface area contributed by atoms with Crippen LogP contribution in [0.5, 0.6) is 5.75 Å². The summed E-state index contributed by atoms with van der Waals surface area (Å²) in [6, 6.07) is 5.28. The molecule has 1 unspecified atom stereocenters. The lowest BCUT2D eigenvalue weighted by atomic mass is 9.87.